The first-order valence-corrected chi connectivity index (χ1v) is 6.47. The zero-order valence-corrected chi connectivity index (χ0v) is 10.7. The van der Waals surface area contributed by atoms with E-state index in [2.05, 4.69) is 14.9 Å². The molecule has 0 bridgehead atoms. The minimum absolute atomic E-state index is 0.460. The van der Waals surface area contributed by atoms with E-state index in [9.17, 15) is 13.2 Å². The molecule has 1 aliphatic rings. The van der Waals surface area contributed by atoms with Gasteiger partial charge in [-0.05, 0) is 30.5 Å². The highest BCUT2D eigenvalue weighted by molar-refractivity contribution is 5.32. The van der Waals surface area contributed by atoms with Crippen LogP contribution in [0.2, 0.25) is 0 Å². The highest BCUT2D eigenvalue weighted by atomic mass is 19.4. The molecule has 1 saturated carbocycles. The van der Waals surface area contributed by atoms with Crippen LogP contribution < -0.4 is 5.32 Å². The van der Waals surface area contributed by atoms with Crippen molar-refractivity contribution < 1.29 is 13.2 Å². The molecule has 3 rings (SSSR count). The molecule has 0 aliphatic heterocycles. The number of aromatic nitrogens is 2. The number of imidazole rings is 1. The Morgan fingerprint density at radius 1 is 1.20 bits per heavy atom. The molecule has 1 aromatic carbocycles. The molecule has 1 aromatic heterocycles. The minimum atomic E-state index is -4.28. The standard InChI is InChI=1S/C14H14F3N3/c15-14(16,17)11-3-1-10(2-4-11)9-19-13-18-7-8-20(13)12-5-6-12/h1-4,7-8,12H,5-6,9H2,(H,18,19). The van der Waals surface area contributed by atoms with Crippen molar-refractivity contribution in [2.45, 2.75) is 31.6 Å². The fraction of sp³-hybridized carbons (Fsp3) is 0.357. The summed E-state index contributed by atoms with van der Waals surface area (Å²) in [4.78, 5) is 4.22. The van der Waals surface area contributed by atoms with Crippen molar-refractivity contribution in [3.8, 4) is 0 Å². The topological polar surface area (TPSA) is 29.9 Å². The van der Waals surface area contributed by atoms with Crippen LogP contribution in [0.3, 0.4) is 0 Å². The van der Waals surface area contributed by atoms with E-state index in [0.717, 1.165) is 36.5 Å². The van der Waals surface area contributed by atoms with Gasteiger partial charge in [0.2, 0.25) is 5.95 Å². The van der Waals surface area contributed by atoms with Crippen molar-refractivity contribution in [2.75, 3.05) is 5.32 Å². The molecular formula is C14H14F3N3. The monoisotopic (exact) mass is 281 g/mol. The molecular weight excluding hydrogens is 267 g/mol. The summed E-state index contributed by atoms with van der Waals surface area (Å²) in [7, 11) is 0. The second-order valence-corrected chi connectivity index (χ2v) is 4.94. The molecule has 0 unspecified atom stereocenters. The Kier molecular flexibility index (Phi) is 3.16. The molecule has 106 valence electrons. The number of nitrogens with zero attached hydrogens (tertiary/aromatic N) is 2. The molecule has 1 aliphatic carbocycles. The van der Waals surface area contributed by atoms with Gasteiger partial charge in [-0.25, -0.2) is 4.98 Å². The van der Waals surface area contributed by atoms with E-state index in [1.807, 2.05) is 6.20 Å². The Morgan fingerprint density at radius 2 is 1.90 bits per heavy atom. The van der Waals surface area contributed by atoms with Crippen LogP contribution in [-0.2, 0) is 12.7 Å². The first-order valence-electron chi connectivity index (χ1n) is 6.47. The lowest BCUT2D eigenvalue weighted by molar-refractivity contribution is -0.137. The average molecular weight is 281 g/mol. The Labute approximate surface area is 114 Å². The van der Waals surface area contributed by atoms with Gasteiger partial charge in [0.05, 0.1) is 5.56 Å². The predicted molar refractivity (Wildman–Crippen MR) is 69.3 cm³/mol. The summed E-state index contributed by atoms with van der Waals surface area (Å²) in [5, 5.41) is 3.16. The van der Waals surface area contributed by atoms with E-state index >= 15 is 0 Å². The first kappa shape index (κ1) is 13.0. The Balaban J connectivity index is 1.65. The van der Waals surface area contributed by atoms with Gasteiger partial charge in [0, 0.05) is 25.0 Å². The summed E-state index contributed by atoms with van der Waals surface area (Å²) in [6, 6.07) is 5.70. The molecule has 0 spiro atoms. The van der Waals surface area contributed by atoms with E-state index < -0.39 is 11.7 Å². The van der Waals surface area contributed by atoms with Gasteiger partial charge in [-0.15, -0.1) is 0 Å². The number of rotatable bonds is 4. The van der Waals surface area contributed by atoms with Crippen molar-refractivity contribution >= 4 is 5.95 Å². The van der Waals surface area contributed by atoms with Gasteiger partial charge in [-0.2, -0.15) is 13.2 Å². The molecule has 20 heavy (non-hydrogen) atoms. The van der Waals surface area contributed by atoms with E-state index in [1.54, 1.807) is 6.20 Å². The second-order valence-electron chi connectivity index (χ2n) is 4.94. The van der Waals surface area contributed by atoms with Crippen LogP contribution in [0.1, 0.15) is 30.0 Å². The molecule has 0 saturated heterocycles. The Hall–Kier alpha value is -1.98. The third kappa shape index (κ3) is 2.79. The molecule has 0 amide bonds. The Morgan fingerprint density at radius 3 is 2.50 bits per heavy atom. The lowest BCUT2D eigenvalue weighted by Crippen LogP contribution is -2.08. The van der Waals surface area contributed by atoms with E-state index in [0.29, 0.717) is 12.6 Å². The lowest BCUT2D eigenvalue weighted by atomic mass is 10.1. The lowest BCUT2D eigenvalue weighted by Gasteiger charge is -2.10. The number of anilines is 1. The maximum atomic E-state index is 12.4. The largest absolute Gasteiger partial charge is 0.416 e. The summed E-state index contributed by atoms with van der Waals surface area (Å²) in [6.45, 7) is 0.460. The third-order valence-corrected chi connectivity index (χ3v) is 3.34. The molecule has 0 atom stereocenters. The highest BCUT2D eigenvalue weighted by Gasteiger charge is 2.30. The fourth-order valence-corrected chi connectivity index (χ4v) is 2.09. The van der Waals surface area contributed by atoms with Gasteiger partial charge in [-0.3, -0.25) is 0 Å². The number of hydrogen-bond acceptors (Lipinski definition) is 2. The van der Waals surface area contributed by atoms with Crippen LogP contribution >= 0.6 is 0 Å². The SMILES string of the molecule is FC(F)(F)c1ccc(CNc2nccn2C2CC2)cc1. The summed E-state index contributed by atoms with van der Waals surface area (Å²) >= 11 is 0. The molecule has 1 heterocycles. The van der Waals surface area contributed by atoms with Crippen molar-refractivity contribution in [2.24, 2.45) is 0 Å². The number of nitrogens with one attached hydrogen (secondary N) is 1. The van der Waals surface area contributed by atoms with E-state index in [4.69, 9.17) is 0 Å². The van der Waals surface area contributed by atoms with Crippen LogP contribution in [0.25, 0.3) is 0 Å². The smallest absolute Gasteiger partial charge is 0.352 e. The highest BCUT2D eigenvalue weighted by Crippen LogP contribution is 2.36. The third-order valence-electron chi connectivity index (χ3n) is 3.34. The van der Waals surface area contributed by atoms with Crippen LogP contribution in [-0.4, -0.2) is 9.55 Å². The molecule has 6 heteroatoms. The summed E-state index contributed by atoms with van der Waals surface area (Å²) in [5.74, 6) is 0.771. The normalized spacial score (nSPS) is 15.3. The van der Waals surface area contributed by atoms with Gasteiger partial charge in [-0.1, -0.05) is 12.1 Å². The molecule has 0 radical (unpaired) electrons. The van der Waals surface area contributed by atoms with Gasteiger partial charge in [0.1, 0.15) is 0 Å². The predicted octanol–water partition coefficient (Wildman–Crippen LogP) is 3.85. The molecule has 1 N–H and O–H groups in total. The fourth-order valence-electron chi connectivity index (χ4n) is 2.09. The number of halogens is 3. The summed E-state index contributed by atoms with van der Waals surface area (Å²) in [6.07, 6.45) is 1.69. The van der Waals surface area contributed by atoms with E-state index in [-0.39, 0.29) is 0 Å². The van der Waals surface area contributed by atoms with Gasteiger partial charge in [0.15, 0.2) is 0 Å². The van der Waals surface area contributed by atoms with Crippen molar-refractivity contribution in [1.29, 1.82) is 0 Å². The summed E-state index contributed by atoms with van der Waals surface area (Å²) in [5.41, 5.74) is 0.170. The average Bonchev–Trinajstić information content (AvgIpc) is 3.15. The van der Waals surface area contributed by atoms with Gasteiger partial charge >= 0.3 is 6.18 Å². The quantitative estimate of drug-likeness (QED) is 0.922. The maximum Gasteiger partial charge on any atom is 0.416 e. The first-order chi connectivity index (χ1) is 9.54. The van der Waals surface area contributed by atoms with Crippen LogP contribution in [0, 0.1) is 0 Å². The number of alkyl halides is 3. The molecule has 2 aromatic rings. The molecule has 1 fully saturated rings. The number of hydrogen-bond donors (Lipinski definition) is 1. The zero-order valence-electron chi connectivity index (χ0n) is 10.7. The van der Waals surface area contributed by atoms with Crippen LogP contribution in [0.5, 0.6) is 0 Å². The van der Waals surface area contributed by atoms with Crippen molar-refractivity contribution in [1.82, 2.24) is 9.55 Å². The van der Waals surface area contributed by atoms with Crippen LogP contribution in [0.4, 0.5) is 19.1 Å². The zero-order chi connectivity index (χ0) is 14.2. The Bertz CT molecular complexity index is 582. The number of benzene rings is 1. The van der Waals surface area contributed by atoms with Gasteiger partial charge in [0.25, 0.3) is 0 Å². The second kappa shape index (κ2) is 4.85. The van der Waals surface area contributed by atoms with Crippen molar-refractivity contribution in [3.05, 3.63) is 47.8 Å². The van der Waals surface area contributed by atoms with Crippen molar-refractivity contribution in [3.63, 3.8) is 0 Å². The van der Waals surface area contributed by atoms with Gasteiger partial charge < -0.3 is 9.88 Å². The molecule has 3 nitrogen and oxygen atoms in total. The minimum Gasteiger partial charge on any atom is -0.352 e. The van der Waals surface area contributed by atoms with Crippen LogP contribution in [0.15, 0.2) is 36.7 Å². The summed E-state index contributed by atoms with van der Waals surface area (Å²) < 4.78 is 39.4. The van der Waals surface area contributed by atoms with E-state index in [1.165, 1.54) is 12.1 Å². The maximum absolute atomic E-state index is 12.4.